The topological polar surface area (TPSA) is 118 Å². The van der Waals surface area contributed by atoms with Gasteiger partial charge in [0.25, 0.3) is 11.5 Å². The summed E-state index contributed by atoms with van der Waals surface area (Å²) in [7, 11) is 0. The third-order valence-electron chi connectivity index (χ3n) is 5.81. The molecule has 1 amide bonds. The predicted octanol–water partition coefficient (Wildman–Crippen LogP) is 3.90. The molecule has 0 aliphatic heterocycles. The van der Waals surface area contributed by atoms with Gasteiger partial charge in [0, 0.05) is 28.8 Å². The fourth-order valence-corrected chi connectivity index (χ4v) is 4.16. The highest BCUT2D eigenvalue weighted by atomic mass is 16.5. The van der Waals surface area contributed by atoms with Gasteiger partial charge in [-0.15, -0.1) is 0 Å². The second kappa shape index (κ2) is 8.26. The van der Waals surface area contributed by atoms with E-state index in [0.29, 0.717) is 22.5 Å². The molecule has 34 heavy (non-hydrogen) atoms. The summed E-state index contributed by atoms with van der Waals surface area (Å²) in [6, 6.07) is 9.68. The molecule has 0 bridgehead atoms. The Balaban J connectivity index is 1.57. The van der Waals surface area contributed by atoms with Crippen molar-refractivity contribution < 1.29 is 9.32 Å². The molecule has 0 saturated heterocycles. The Bertz CT molecular complexity index is 1610. The van der Waals surface area contributed by atoms with Crippen LogP contribution in [0.5, 0.6) is 0 Å². The lowest BCUT2D eigenvalue weighted by Gasteiger charge is -2.08. The van der Waals surface area contributed by atoms with Crippen molar-refractivity contribution >= 4 is 22.3 Å². The van der Waals surface area contributed by atoms with Gasteiger partial charge in [0.1, 0.15) is 5.52 Å². The van der Waals surface area contributed by atoms with E-state index in [2.05, 4.69) is 25.5 Å². The molecule has 2 N–H and O–H groups in total. The molecule has 172 valence electrons. The van der Waals surface area contributed by atoms with Gasteiger partial charge in [-0.05, 0) is 37.5 Å². The summed E-state index contributed by atoms with van der Waals surface area (Å²) >= 11 is 0. The maximum Gasteiger partial charge on any atom is 0.274 e. The van der Waals surface area contributed by atoms with Gasteiger partial charge in [0.15, 0.2) is 11.5 Å². The number of pyridine rings is 1. The number of aromatic nitrogens is 5. The van der Waals surface area contributed by atoms with Crippen LogP contribution in [0.2, 0.25) is 0 Å². The standard InChI is InChI=1S/C25H24N6O3/c1-13(2)21-22(24(32)27-11-17-8-15(4)30-34-17)29-31-12-20(28-25(33)23(21)31)16-9-18-14(3)6-5-7-19(18)26-10-16/h5-10,12-13H,11H2,1-4H3,(H,27,32)(H,28,33). The monoisotopic (exact) mass is 456 g/mol. The van der Waals surface area contributed by atoms with E-state index in [0.717, 1.165) is 27.7 Å². The number of hydrogen-bond acceptors (Lipinski definition) is 6. The summed E-state index contributed by atoms with van der Waals surface area (Å²) in [5.41, 5.74) is 4.87. The van der Waals surface area contributed by atoms with E-state index in [1.807, 2.05) is 52.0 Å². The Morgan fingerprint density at radius 2 is 2.06 bits per heavy atom. The fourth-order valence-electron chi connectivity index (χ4n) is 4.16. The van der Waals surface area contributed by atoms with Crippen LogP contribution in [0.4, 0.5) is 0 Å². The molecule has 0 radical (unpaired) electrons. The molecule has 4 heterocycles. The number of fused-ring (bicyclic) bond motifs is 2. The van der Waals surface area contributed by atoms with Gasteiger partial charge < -0.3 is 14.8 Å². The quantitative estimate of drug-likeness (QED) is 0.414. The van der Waals surface area contributed by atoms with E-state index in [1.54, 1.807) is 18.5 Å². The molecule has 1 aromatic carbocycles. The van der Waals surface area contributed by atoms with Crippen molar-refractivity contribution in [3.63, 3.8) is 0 Å². The summed E-state index contributed by atoms with van der Waals surface area (Å²) in [6.07, 6.45) is 3.44. The van der Waals surface area contributed by atoms with E-state index >= 15 is 0 Å². The minimum atomic E-state index is -0.384. The first kappa shape index (κ1) is 21.6. The average Bonchev–Trinajstić information content (AvgIpc) is 3.41. The minimum absolute atomic E-state index is 0.0947. The molecule has 0 fully saturated rings. The van der Waals surface area contributed by atoms with Gasteiger partial charge in [-0.25, -0.2) is 4.52 Å². The lowest BCUT2D eigenvalue weighted by molar-refractivity contribution is 0.0940. The number of hydrogen-bond donors (Lipinski definition) is 2. The van der Waals surface area contributed by atoms with Crippen molar-refractivity contribution in [2.24, 2.45) is 0 Å². The number of H-pyrrole nitrogens is 1. The van der Waals surface area contributed by atoms with Crippen LogP contribution in [-0.4, -0.2) is 30.6 Å². The third kappa shape index (κ3) is 3.75. The second-order valence-corrected chi connectivity index (χ2v) is 8.69. The van der Waals surface area contributed by atoms with Gasteiger partial charge >= 0.3 is 0 Å². The Morgan fingerprint density at radius 3 is 2.79 bits per heavy atom. The van der Waals surface area contributed by atoms with Gasteiger partial charge in [-0.2, -0.15) is 5.10 Å². The number of aryl methyl sites for hydroxylation is 2. The van der Waals surface area contributed by atoms with Crippen molar-refractivity contribution in [2.75, 3.05) is 0 Å². The van der Waals surface area contributed by atoms with Crippen molar-refractivity contribution in [2.45, 2.75) is 40.2 Å². The van der Waals surface area contributed by atoms with Gasteiger partial charge in [-0.3, -0.25) is 14.6 Å². The smallest absolute Gasteiger partial charge is 0.274 e. The van der Waals surface area contributed by atoms with Crippen molar-refractivity contribution in [3.05, 3.63) is 81.4 Å². The highest BCUT2D eigenvalue weighted by Gasteiger charge is 2.24. The number of nitrogens with one attached hydrogen (secondary N) is 2. The Labute approximate surface area is 194 Å². The van der Waals surface area contributed by atoms with Crippen LogP contribution in [0.15, 0.2) is 52.0 Å². The number of nitrogens with zero attached hydrogens (tertiary/aromatic N) is 4. The van der Waals surface area contributed by atoms with Crippen LogP contribution >= 0.6 is 0 Å². The molecule has 0 aliphatic rings. The summed E-state index contributed by atoms with van der Waals surface area (Å²) in [5.74, 6) is 0.0630. The van der Waals surface area contributed by atoms with Crippen molar-refractivity contribution in [1.29, 1.82) is 0 Å². The second-order valence-electron chi connectivity index (χ2n) is 8.69. The van der Waals surface area contributed by atoms with Crippen LogP contribution in [0.1, 0.15) is 52.8 Å². The summed E-state index contributed by atoms with van der Waals surface area (Å²) < 4.78 is 6.64. The molecule has 9 nitrogen and oxygen atoms in total. The number of amides is 1. The molecule has 0 saturated carbocycles. The summed E-state index contributed by atoms with van der Waals surface area (Å²) in [4.78, 5) is 33.6. The zero-order valence-electron chi connectivity index (χ0n) is 19.3. The van der Waals surface area contributed by atoms with Crippen molar-refractivity contribution in [1.82, 2.24) is 30.1 Å². The van der Waals surface area contributed by atoms with E-state index in [-0.39, 0.29) is 29.6 Å². The van der Waals surface area contributed by atoms with Crippen LogP contribution in [0.25, 0.3) is 27.7 Å². The molecule has 4 aromatic heterocycles. The summed E-state index contributed by atoms with van der Waals surface area (Å²) in [6.45, 7) is 7.86. The van der Waals surface area contributed by atoms with E-state index in [9.17, 15) is 9.59 Å². The Hall–Kier alpha value is -4.27. The normalized spacial score (nSPS) is 11.6. The molecule has 0 aliphatic carbocycles. The molecular weight excluding hydrogens is 432 g/mol. The lowest BCUT2D eigenvalue weighted by Crippen LogP contribution is -2.24. The molecule has 9 heteroatoms. The highest BCUT2D eigenvalue weighted by Crippen LogP contribution is 2.26. The SMILES string of the molecule is Cc1cc(CNC(=O)c2nn3cc(-c4cnc5cccc(C)c5c4)[nH]c(=O)c3c2C(C)C)on1. The first-order valence-corrected chi connectivity index (χ1v) is 11.0. The first-order chi connectivity index (χ1) is 16.3. The zero-order chi connectivity index (χ0) is 24.0. The van der Waals surface area contributed by atoms with Gasteiger partial charge in [0.05, 0.1) is 29.6 Å². The van der Waals surface area contributed by atoms with Crippen LogP contribution < -0.4 is 10.9 Å². The third-order valence-corrected chi connectivity index (χ3v) is 5.81. The average molecular weight is 457 g/mol. The zero-order valence-corrected chi connectivity index (χ0v) is 19.3. The van der Waals surface area contributed by atoms with E-state index < -0.39 is 0 Å². The summed E-state index contributed by atoms with van der Waals surface area (Å²) in [5, 5.41) is 12.1. The minimum Gasteiger partial charge on any atom is -0.359 e. The number of aromatic amines is 1. The largest absolute Gasteiger partial charge is 0.359 e. The maximum absolute atomic E-state index is 13.2. The number of carbonyl (C=O) groups is 1. The fraction of sp³-hybridized carbons (Fsp3) is 0.240. The number of carbonyl (C=O) groups excluding carboxylic acids is 1. The van der Waals surface area contributed by atoms with Crippen LogP contribution in [0.3, 0.4) is 0 Å². The van der Waals surface area contributed by atoms with Gasteiger partial charge in [0.2, 0.25) is 0 Å². The van der Waals surface area contributed by atoms with E-state index in [1.165, 1.54) is 4.52 Å². The maximum atomic E-state index is 13.2. The highest BCUT2D eigenvalue weighted by molar-refractivity contribution is 5.96. The van der Waals surface area contributed by atoms with Crippen molar-refractivity contribution in [3.8, 4) is 11.3 Å². The lowest BCUT2D eigenvalue weighted by atomic mass is 10.0. The number of benzene rings is 1. The molecular formula is C25H24N6O3. The molecule has 5 aromatic rings. The van der Waals surface area contributed by atoms with Gasteiger partial charge in [-0.1, -0.05) is 31.1 Å². The van der Waals surface area contributed by atoms with Crippen LogP contribution in [-0.2, 0) is 6.54 Å². The molecule has 5 rings (SSSR count). The predicted molar refractivity (Wildman–Crippen MR) is 128 cm³/mol. The first-order valence-electron chi connectivity index (χ1n) is 11.0. The molecule has 0 atom stereocenters. The Kier molecular flexibility index (Phi) is 5.24. The molecule has 0 unspecified atom stereocenters. The van der Waals surface area contributed by atoms with Crippen LogP contribution in [0, 0.1) is 13.8 Å². The van der Waals surface area contributed by atoms with E-state index in [4.69, 9.17) is 4.52 Å². The Morgan fingerprint density at radius 1 is 1.24 bits per heavy atom. The number of rotatable bonds is 5. The molecule has 0 spiro atoms.